The van der Waals surface area contributed by atoms with E-state index in [1.165, 1.54) is 0 Å². The molecule has 0 radical (unpaired) electrons. The maximum Gasteiger partial charge on any atom is 0.164 e. The Kier molecular flexibility index (Phi) is 3.96. The second-order valence-electron chi connectivity index (χ2n) is 4.84. The Morgan fingerprint density at radius 1 is 1.26 bits per heavy atom. The number of rotatable bonds is 1. The summed E-state index contributed by atoms with van der Waals surface area (Å²) in [6, 6.07) is 2.00. The Balaban J connectivity index is 2.01. The number of benzene rings is 1. The van der Waals surface area contributed by atoms with Crippen LogP contribution in [-0.2, 0) is 4.74 Å². The highest BCUT2D eigenvalue weighted by molar-refractivity contribution is 9.10. The van der Waals surface area contributed by atoms with Crippen molar-refractivity contribution in [2.75, 3.05) is 32.9 Å². The van der Waals surface area contributed by atoms with Gasteiger partial charge in [-0.05, 0) is 13.0 Å². The fourth-order valence-corrected chi connectivity index (χ4v) is 3.35. The number of hydrogen-bond donors (Lipinski definition) is 1. The van der Waals surface area contributed by atoms with Crippen molar-refractivity contribution in [3.63, 3.8) is 0 Å². The zero-order valence-electron chi connectivity index (χ0n) is 11.0. The first kappa shape index (κ1) is 13.2. The van der Waals surface area contributed by atoms with Gasteiger partial charge in [-0.2, -0.15) is 0 Å². The monoisotopic (exact) mass is 327 g/mol. The van der Waals surface area contributed by atoms with Crippen LogP contribution in [-0.4, -0.2) is 32.9 Å². The highest BCUT2D eigenvalue weighted by atomic mass is 79.9. The van der Waals surface area contributed by atoms with E-state index in [2.05, 4.69) is 28.2 Å². The van der Waals surface area contributed by atoms with Gasteiger partial charge in [0.1, 0.15) is 0 Å². The van der Waals surface area contributed by atoms with E-state index in [9.17, 15) is 0 Å². The third-order valence-corrected chi connectivity index (χ3v) is 4.18. The minimum absolute atomic E-state index is 0.0697. The van der Waals surface area contributed by atoms with Crippen LogP contribution < -0.4 is 14.8 Å². The molecule has 4 nitrogen and oxygen atoms in total. The fraction of sp³-hybridized carbons (Fsp3) is 0.571. The highest BCUT2D eigenvalue weighted by Gasteiger charge is 2.25. The average molecular weight is 328 g/mol. The molecule has 2 heterocycles. The fourth-order valence-electron chi connectivity index (χ4n) is 2.59. The topological polar surface area (TPSA) is 39.7 Å². The summed E-state index contributed by atoms with van der Waals surface area (Å²) >= 11 is 3.64. The smallest absolute Gasteiger partial charge is 0.164 e. The molecule has 0 aromatic heterocycles. The largest absolute Gasteiger partial charge is 0.490 e. The lowest BCUT2D eigenvalue weighted by Crippen LogP contribution is -2.33. The van der Waals surface area contributed by atoms with Gasteiger partial charge in [-0.15, -0.1) is 0 Å². The Morgan fingerprint density at radius 3 is 2.89 bits per heavy atom. The lowest BCUT2D eigenvalue weighted by Gasteiger charge is -2.27. The van der Waals surface area contributed by atoms with Gasteiger partial charge < -0.3 is 19.5 Å². The summed E-state index contributed by atoms with van der Waals surface area (Å²) in [7, 11) is 0. The Bertz CT molecular complexity index is 472. The zero-order valence-corrected chi connectivity index (χ0v) is 12.6. The predicted octanol–water partition coefficient (Wildman–Crippen LogP) is 2.58. The molecule has 0 amide bonds. The van der Waals surface area contributed by atoms with Crippen molar-refractivity contribution in [3.05, 3.63) is 21.7 Å². The van der Waals surface area contributed by atoms with Gasteiger partial charge in [0.2, 0.25) is 0 Å². The van der Waals surface area contributed by atoms with Crippen molar-refractivity contribution < 1.29 is 14.2 Å². The molecule has 1 aromatic rings. The summed E-state index contributed by atoms with van der Waals surface area (Å²) in [5.41, 5.74) is 2.27. The minimum atomic E-state index is 0.0697. The van der Waals surface area contributed by atoms with Crippen molar-refractivity contribution in [2.45, 2.75) is 19.4 Å². The molecule has 0 bridgehead atoms. The van der Waals surface area contributed by atoms with Crippen molar-refractivity contribution in [3.8, 4) is 11.5 Å². The van der Waals surface area contributed by atoms with Gasteiger partial charge in [0.25, 0.3) is 0 Å². The molecule has 0 saturated carbocycles. The Labute approximate surface area is 121 Å². The van der Waals surface area contributed by atoms with Gasteiger partial charge in [0.15, 0.2) is 11.5 Å². The quantitative estimate of drug-likeness (QED) is 0.860. The molecule has 0 spiro atoms. The zero-order chi connectivity index (χ0) is 13.2. The maximum absolute atomic E-state index is 5.86. The molecule has 104 valence electrons. The SMILES string of the molecule is Cc1c2c(cc(Br)c1C1CNCCO1)OCCCO2. The number of halogens is 1. The second kappa shape index (κ2) is 5.69. The van der Waals surface area contributed by atoms with Crippen molar-refractivity contribution in [1.82, 2.24) is 5.32 Å². The predicted molar refractivity (Wildman–Crippen MR) is 76.0 cm³/mol. The summed E-state index contributed by atoms with van der Waals surface area (Å²) in [5, 5.41) is 3.36. The van der Waals surface area contributed by atoms with E-state index in [4.69, 9.17) is 14.2 Å². The third kappa shape index (κ3) is 2.59. The summed E-state index contributed by atoms with van der Waals surface area (Å²) in [4.78, 5) is 0. The molecule has 2 aliphatic heterocycles. The van der Waals surface area contributed by atoms with E-state index in [-0.39, 0.29) is 6.10 Å². The first-order valence-corrected chi connectivity index (χ1v) is 7.47. The first-order chi connectivity index (χ1) is 9.27. The standard InChI is InChI=1S/C14H18BrNO3/c1-9-13(12-8-16-3-6-18-12)10(15)7-11-14(9)19-5-2-4-17-11/h7,12,16H,2-6,8H2,1H3. The molecular formula is C14H18BrNO3. The first-order valence-electron chi connectivity index (χ1n) is 6.68. The van der Waals surface area contributed by atoms with Crippen LogP contribution in [0.5, 0.6) is 11.5 Å². The highest BCUT2D eigenvalue weighted by Crippen LogP contribution is 2.42. The van der Waals surface area contributed by atoms with E-state index in [1.807, 2.05) is 6.07 Å². The van der Waals surface area contributed by atoms with E-state index in [1.54, 1.807) is 0 Å². The molecule has 3 rings (SSSR count). The normalized spacial score (nSPS) is 22.9. The number of fused-ring (bicyclic) bond motifs is 1. The molecule has 19 heavy (non-hydrogen) atoms. The van der Waals surface area contributed by atoms with Crippen LogP contribution in [0, 0.1) is 6.92 Å². The van der Waals surface area contributed by atoms with E-state index < -0.39 is 0 Å². The Morgan fingerprint density at radius 2 is 2.11 bits per heavy atom. The summed E-state index contributed by atoms with van der Waals surface area (Å²) in [5.74, 6) is 1.69. The summed E-state index contributed by atoms with van der Waals surface area (Å²) in [6.45, 7) is 5.98. The lowest BCUT2D eigenvalue weighted by atomic mass is 10.0. The third-order valence-electron chi connectivity index (χ3n) is 3.53. The van der Waals surface area contributed by atoms with Gasteiger partial charge in [-0.1, -0.05) is 15.9 Å². The van der Waals surface area contributed by atoms with Gasteiger partial charge in [-0.3, -0.25) is 0 Å². The molecule has 2 aliphatic rings. The minimum Gasteiger partial charge on any atom is -0.490 e. The van der Waals surface area contributed by atoms with Crippen molar-refractivity contribution >= 4 is 15.9 Å². The Hall–Kier alpha value is -0.780. The van der Waals surface area contributed by atoms with Crippen LogP contribution in [0.2, 0.25) is 0 Å². The number of ether oxygens (including phenoxy) is 3. The molecule has 1 unspecified atom stereocenters. The molecule has 1 atom stereocenters. The van der Waals surface area contributed by atoms with Gasteiger partial charge in [-0.25, -0.2) is 0 Å². The molecule has 1 fully saturated rings. The van der Waals surface area contributed by atoms with Crippen LogP contribution in [0.4, 0.5) is 0 Å². The molecule has 1 aromatic carbocycles. The average Bonchev–Trinajstić information content (AvgIpc) is 2.65. The van der Waals surface area contributed by atoms with E-state index >= 15 is 0 Å². The lowest BCUT2D eigenvalue weighted by molar-refractivity contribution is 0.0267. The molecule has 5 heteroatoms. The molecular weight excluding hydrogens is 310 g/mol. The van der Waals surface area contributed by atoms with E-state index in [0.29, 0.717) is 13.2 Å². The van der Waals surface area contributed by atoms with Crippen molar-refractivity contribution in [1.29, 1.82) is 0 Å². The molecule has 0 aliphatic carbocycles. The number of hydrogen-bond acceptors (Lipinski definition) is 4. The molecule has 1 N–H and O–H groups in total. The van der Waals surface area contributed by atoms with Crippen LogP contribution in [0.25, 0.3) is 0 Å². The van der Waals surface area contributed by atoms with Crippen LogP contribution in [0.1, 0.15) is 23.7 Å². The van der Waals surface area contributed by atoms with Crippen LogP contribution >= 0.6 is 15.9 Å². The van der Waals surface area contributed by atoms with Crippen molar-refractivity contribution in [2.24, 2.45) is 0 Å². The second-order valence-corrected chi connectivity index (χ2v) is 5.69. The molecule has 1 saturated heterocycles. The maximum atomic E-state index is 5.86. The van der Waals surface area contributed by atoms with Crippen LogP contribution in [0.3, 0.4) is 0 Å². The van der Waals surface area contributed by atoms with Gasteiger partial charge in [0, 0.05) is 35.1 Å². The summed E-state index contributed by atoms with van der Waals surface area (Å²) < 4.78 is 18.5. The van der Waals surface area contributed by atoms with E-state index in [0.717, 1.165) is 53.2 Å². The summed E-state index contributed by atoms with van der Waals surface area (Å²) in [6.07, 6.45) is 0.989. The van der Waals surface area contributed by atoms with Gasteiger partial charge >= 0.3 is 0 Å². The number of nitrogens with one attached hydrogen (secondary N) is 1. The van der Waals surface area contributed by atoms with Crippen LogP contribution in [0.15, 0.2) is 10.5 Å². The van der Waals surface area contributed by atoms with Gasteiger partial charge in [0.05, 0.1) is 25.9 Å². The number of morpholine rings is 1.